The van der Waals surface area contributed by atoms with E-state index in [-0.39, 0.29) is 18.7 Å². The van der Waals surface area contributed by atoms with E-state index >= 15 is 0 Å². The largest absolute Gasteiger partial charge is 0.481 e. The average molecular weight is 279 g/mol. The van der Waals surface area contributed by atoms with Gasteiger partial charge in [-0.25, -0.2) is 4.98 Å². The second-order valence-electron chi connectivity index (χ2n) is 5.37. The van der Waals surface area contributed by atoms with Crippen LogP contribution >= 0.6 is 0 Å². The molecule has 2 heterocycles. The lowest BCUT2D eigenvalue weighted by Crippen LogP contribution is -2.41. The van der Waals surface area contributed by atoms with E-state index in [9.17, 15) is 9.59 Å². The lowest BCUT2D eigenvalue weighted by Gasteiger charge is -2.33. The van der Waals surface area contributed by atoms with Crippen LogP contribution in [0.15, 0.2) is 12.4 Å². The van der Waals surface area contributed by atoms with Crippen molar-refractivity contribution in [1.29, 1.82) is 0 Å². The summed E-state index contributed by atoms with van der Waals surface area (Å²) in [5.74, 6) is 0.449. The molecule has 20 heavy (non-hydrogen) atoms. The summed E-state index contributed by atoms with van der Waals surface area (Å²) in [6.07, 6.45) is 5.85. The highest BCUT2D eigenvalue weighted by atomic mass is 16.4. The molecule has 0 radical (unpaired) electrons. The molecule has 0 bridgehead atoms. The molecule has 1 amide bonds. The Morgan fingerprint density at radius 1 is 1.45 bits per heavy atom. The minimum absolute atomic E-state index is 0.0422. The summed E-state index contributed by atoms with van der Waals surface area (Å²) in [5, 5.41) is 8.63. The number of nitrogens with zero attached hydrogens (tertiary/aromatic N) is 3. The van der Waals surface area contributed by atoms with Crippen molar-refractivity contribution >= 4 is 11.9 Å². The molecule has 1 N–H and O–H groups in total. The normalized spacial score (nSPS) is 19.1. The zero-order valence-corrected chi connectivity index (χ0v) is 11.8. The topological polar surface area (TPSA) is 75.4 Å². The molecule has 1 aliphatic heterocycles. The predicted octanol–water partition coefficient (Wildman–Crippen LogP) is 1.29. The van der Waals surface area contributed by atoms with E-state index in [0.29, 0.717) is 5.92 Å². The molecule has 1 aromatic rings. The van der Waals surface area contributed by atoms with Crippen LogP contribution in [0.1, 0.15) is 31.5 Å². The molecule has 0 spiro atoms. The number of imidazole rings is 1. The van der Waals surface area contributed by atoms with Gasteiger partial charge >= 0.3 is 5.97 Å². The zero-order valence-electron chi connectivity index (χ0n) is 11.8. The van der Waals surface area contributed by atoms with Gasteiger partial charge in [-0.3, -0.25) is 9.59 Å². The molecule has 1 saturated heterocycles. The molecule has 0 saturated carbocycles. The minimum atomic E-state index is -0.916. The number of amides is 1. The van der Waals surface area contributed by atoms with Crippen LogP contribution in [0.25, 0.3) is 0 Å². The molecule has 0 unspecified atom stereocenters. The Bertz CT molecular complexity index is 484. The first-order chi connectivity index (χ1) is 9.56. The Kier molecular flexibility index (Phi) is 4.76. The van der Waals surface area contributed by atoms with E-state index in [1.165, 1.54) is 0 Å². The molecular weight excluding hydrogens is 258 g/mol. The molecule has 1 aliphatic rings. The molecule has 6 heteroatoms. The molecular formula is C14H21N3O3. The van der Waals surface area contributed by atoms with Gasteiger partial charge in [-0.2, -0.15) is 0 Å². The maximum atomic E-state index is 12.0. The maximum Gasteiger partial charge on any atom is 0.303 e. The SMILES string of the molecule is Cc1nccn1C[C@H]1CCCN(C(=O)CCC(=O)O)C1. The number of hydrogen-bond donors (Lipinski definition) is 1. The van der Waals surface area contributed by atoms with Gasteiger partial charge in [0, 0.05) is 38.4 Å². The highest BCUT2D eigenvalue weighted by Crippen LogP contribution is 2.19. The van der Waals surface area contributed by atoms with Gasteiger partial charge in [0.2, 0.25) is 5.91 Å². The van der Waals surface area contributed by atoms with Crippen LogP contribution in [0.3, 0.4) is 0 Å². The van der Waals surface area contributed by atoms with Crippen LogP contribution in [0.4, 0.5) is 0 Å². The number of carboxylic acid groups (broad SMARTS) is 1. The summed E-state index contributed by atoms with van der Waals surface area (Å²) >= 11 is 0. The first-order valence-electron chi connectivity index (χ1n) is 7.03. The van der Waals surface area contributed by atoms with E-state index in [1.54, 1.807) is 6.20 Å². The Hall–Kier alpha value is -1.85. The van der Waals surface area contributed by atoms with Crippen molar-refractivity contribution in [1.82, 2.24) is 14.5 Å². The molecule has 110 valence electrons. The highest BCUT2D eigenvalue weighted by Gasteiger charge is 2.24. The number of carbonyl (C=O) groups is 2. The van der Waals surface area contributed by atoms with Gasteiger partial charge in [-0.05, 0) is 25.7 Å². The number of aliphatic carboxylic acids is 1. The summed E-state index contributed by atoms with van der Waals surface area (Å²) in [6, 6.07) is 0. The second-order valence-corrected chi connectivity index (χ2v) is 5.37. The Balaban J connectivity index is 1.86. The summed E-state index contributed by atoms with van der Waals surface area (Å²) in [7, 11) is 0. The van der Waals surface area contributed by atoms with Crippen LogP contribution in [-0.4, -0.2) is 44.5 Å². The first-order valence-corrected chi connectivity index (χ1v) is 7.03. The van der Waals surface area contributed by atoms with Crippen molar-refractivity contribution in [2.75, 3.05) is 13.1 Å². The number of piperidine rings is 1. The third kappa shape index (κ3) is 3.82. The maximum absolute atomic E-state index is 12.0. The molecule has 0 aromatic carbocycles. The highest BCUT2D eigenvalue weighted by molar-refractivity contribution is 5.80. The fourth-order valence-corrected chi connectivity index (χ4v) is 2.69. The van der Waals surface area contributed by atoms with Crippen molar-refractivity contribution in [2.24, 2.45) is 5.92 Å². The summed E-state index contributed by atoms with van der Waals surface area (Å²) < 4.78 is 2.11. The van der Waals surface area contributed by atoms with Gasteiger partial charge in [0.15, 0.2) is 0 Å². The number of rotatable bonds is 5. The Labute approximate surface area is 118 Å². The van der Waals surface area contributed by atoms with Crippen molar-refractivity contribution in [3.05, 3.63) is 18.2 Å². The Morgan fingerprint density at radius 2 is 2.25 bits per heavy atom. The van der Waals surface area contributed by atoms with E-state index in [2.05, 4.69) is 9.55 Å². The minimum Gasteiger partial charge on any atom is -0.481 e. The van der Waals surface area contributed by atoms with Crippen LogP contribution in [0, 0.1) is 12.8 Å². The smallest absolute Gasteiger partial charge is 0.303 e. The van der Waals surface area contributed by atoms with Crippen molar-refractivity contribution in [3.63, 3.8) is 0 Å². The lowest BCUT2D eigenvalue weighted by molar-refractivity contribution is -0.141. The van der Waals surface area contributed by atoms with E-state index in [4.69, 9.17) is 5.11 Å². The quantitative estimate of drug-likeness (QED) is 0.881. The monoisotopic (exact) mass is 279 g/mol. The molecule has 0 aliphatic carbocycles. The van der Waals surface area contributed by atoms with Gasteiger partial charge in [0.05, 0.1) is 6.42 Å². The van der Waals surface area contributed by atoms with Gasteiger partial charge in [0.1, 0.15) is 5.82 Å². The van der Waals surface area contributed by atoms with Gasteiger partial charge in [-0.15, -0.1) is 0 Å². The fourth-order valence-electron chi connectivity index (χ4n) is 2.69. The second kappa shape index (κ2) is 6.54. The molecule has 1 atom stereocenters. The third-order valence-electron chi connectivity index (χ3n) is 3.80. The predicted molar refractivity (Wildman–Crippen MR) is 73.1 cm³/mol. The average Bonchev–Trinajstić information content (AvgIpc) is 2.82. The van der Waals surface area contributed by atoms with E-state index in [1.807, 2.05) is 18.0 Å². The van der Waals surface area contributed by atoms with E-state index in [0.717, 1.165) is 38.3 Å². The number of hydrogen-bond acceptors (Lipinski definition) is 3. The molecule has 2 rings (SSSR count). The van der Waals surface area contributed by atoms with Crippen LogP contribution in [0.5, 0.6) is 0 Å². The molecule has 6 nitrogen and oxygen atoms in total. The van der Waals surface area contributed by atoms with Crippen molar-refractivity contribution < 1.29 is 14.7 Å². The van der Waals surface area contributed by atoms with Crippen molar-refractivity contribution in [3.8, 4) is 0 Å². The van der Waals surface area contributed by atoms with E-state index < -0.39 is 5.97 Å². The van der Waals surface area contributed by atoms with Gasteiger partial charge in [0.25, 0.3) is 0 Å². The lowest BCUT2D eigenvalue weighted by atomic mass is 9.97. The zero-order chi connectivity index (χ0) is 14.5. The van der Waals surface area contributed by atoms with Crippen molar-refractivity contribution in [2.45, 2.75) is 39.2 Å². The number of carboxylic acids is 1. The van der Waals surface area contributed by atoms with Crippen LogP contribution < -0.4 is 0 Å². The van der Waals surface area contributed by atoms with Crippen LogP contribution in [0.2, 0.25) is 0 Å². The summed E-state index contributed by atoms with van der Waals surface area (Å²) in [6.45, 7) is 4.31. The van der Waals surface area contributed by atoms with Gasteiger partial charge < -0.3 is 14.6 Å². The molecule has 1 fully saturated rings. The van der Waals surface area contributed by atoms with Gasteiger partial charge in [-0.1, -0.05) is 0 Å². The third-order valence-corrected chi connectivity index (χ3v) is 3.80. The summed E-state index contributed by atoms with van der Waals surface area (Å²) in [5.41, 5.74) is 0. The number of carbonyl (C=O) groups excluding carboxylic acids is 1. The fraction of sp³-hybridized carbons (Fsp3) is 0.643. The summed E-state index contributed by atoms with van der Waals surface area (Å²) in [4.78, 5) is 28.5. The number of aromatic nitrogens is 2. The standard InChI is InChI=1S/C14H21N3O3/c1-11-15-6-8-16(11)9-12-3-2-7-17(10-12)13(18)4-5-14(19)20/h6,8,12H,2-5,7,9-10H2,1H3,(H,19,20)/t12-/m1/s1. The first kappa shape index (κ1) is 14.6. The molecule has 1 aromatic heterocycles. The number of aryl methyl sites for hydroxylation is 1. The number of likely N-dealkylation sites (tertiary alicyclic amines) is 1. The Morgan fingerprint density at radius 3 is 2.90 bits per heavy atom. The van der Waals surface area contributed by atoms with Crippen LogP contribution in [-0.2, 0) is 16.1 Å².